The molecule has 0 aliphatic rings. The maximum absolute atomic E-state index is 11.1. The normalized spacial score (nSPS) is 10.1. The lowest BCUT2D eigenvalue weighted by Crippen LogP contribution is -2.07. The number of nitrogens with two attached hydrogens (primary N) is 1. The van der Waals surface area contributed by atoms with Crippen LogP contribution >= 0.6 is 11.3 Å². The number of rotatable bonds is 3. The Labute approximate surface area is 109 Å². The third-order valence-electron chi connectivity index (χ3n) is 2.33. The molecule has 0 atom stereocenters. The lowest BCUT2D eigenvalue weighted by Gasteiger charge is -2.10. The van der Waals surface area contributed by atoms with Crippen LogP contribution in [-0.2, 0) is 4.79 Å². The van der Waals surface area contributed by atoms with E-state index in [1.54, 1.807) is 13.2 Å². The largest absolute Gasteiger partial charge is 0.495 e. The van der Waals surface area contributed by atoms with E-state index in [4.69, 9.17) is 10.5 Å². The van der Waals surface area contributed by atoms with Crippen LogP contribution in [0.4, 0.5) is 10.8 Å². The molecular formula is C12H13N3O2S. The van der Waals surface area contributed by atoms with Crippen molar-refractivity contribution in [3.8, 4) is 17.0 Å². The van der Waals surface area contributed by atoms with E-state index >= 15 is 0 Å². The molecule has 0 bridgehead atoms. The SMILES string of the molecule is COc1ccc(-c2csc(N)n2)cc1NC(C)=O. The van der Waals surface area contributed by atoms with Gasteiger partial charge < -0.3 is 15.8 Å². The zero-order valence-corrected chi connectivity index (χ0v) is 10.9. The number of carbonyl (C=O) groups excluding carboxylic acids is 1. The summed E-state index contributed by atoms with van der Waals surface area (Å²) in [7, 11) is 1.56. The highest BCUT2D eigenvalue weighted by Crippen LogP contribution is 2.31. The molecule has 1 heterocycles. The Balaban J connectivity index is 2.41. The Morgan fingerprint density at radius 2 is 2.28 bits per heavy atom. The highest BCUT2D eigenvalue weighted by atomic mass is 32.1. The fourth-order valence-electron chi connectivity index (χ4n) is 1.57. The van der Waals surface area contributed by atoms with Crippen LogP contribution in [0.3, 0.4) is 0 Å². The van der Waals surface area contributed by atoms with Gasteiger partial charge in [-0.05, 0) is 18.2 Å². The second kappa shape index (κ2) is 5.05. The molecule has 94 valence electrons. The summed E-state index contributed by atoms with van der Waals surface area (Å²) < 4.78 is 5.19. The van der Waals surface area contributed by atoms with E-state index < -0.39 is 0 Å². The van der Waals surface area contributed by atoms with Gasteiger partial charge in [0, 0.05) is 17.9 Å². The molecule has 0 radical (unpaired) electrons. The number of carbonyl (C=O) groups is 1. The molecular weight excluding hydrogens is 250 g/mol. The van der Waals surface area contributed by atoms with Gasteiger partial charge in [0.25, 0.3) is 0 Å². The summed E-state index contributed by atoms with van der Waals surface area (Å²) in [5.41, 5.74) is 7.89. The minimum atomic E-state index is -0.150. The van der Waals surface area contributed by atoms with E-state index in [2.05, 4.69) is 10.3 Å². The van der Waals surface area contributed by atoms with E-state index in [0.717, 1.165) is 11.3 Å². The molecule has 2 rings (SSSR count). The van der Waals surface area contributed by atoms with Crippen molar-refractivity contribution < 1.29 is 9.53 Å². The lowest BCUT2D eigenvalue weighted by molar-refractivity contribution is -0.114. The van der Waals surface area contributed by atoms with E-state index in [1.807, 2.05) is 17.5 Å². The van der Waals surface area contributed by atoms with Gasteiger partial charge in [-0.15, -0.1) is 11.3 Å². The van der Waals surface area contributed by atoms with Crippen molar-refractivity contribution in [3.05, 3.63) is 23.6 Å². The van der Waals surface area contributed by atoms with E-state index in [0.29, 0.717) is 16.6 Å². The molecule has 0 unspecified atom stereocenters. The predicted molar refractivity (Wildman–Crippen MR) is 72.8 cm³/mol. The molecule has 0 fully saturated rings. The van der Waals surface area contributed by atoms with Gasteiger partial charge in [0.15, 0.2) is 5.13 Å². The second-order valence-corrected chi connectivity index (χ2v) is 4.56. The van der Waals surface area contributed by atoms with Gasteiger partial charge in [-0.2, -0.15) is 0 Å². The highest BCUT2D eigenvalue weighted by molar-refractivity contribution is 7.13. The Morgan fingerprint density at radius 3 is 2.83 bits per heavy atom. The van der Waals surface area contributed by atoms with Crippen molar-refractivity contribution in [2.24, 2.45) is 0 Å². The number of ether oxygens (including phenoxy) is 1. The molecule has 0 aliphatic heterocycles. The molecule has 1 aromatic carbocycles. The highest BCUT2D eigenvalue weighted by Gasteiger charge is 2.09. The maximum atomic E-state index is 11.1. The number of hydrogen-bond acceptors (Lipinski definition) is 5. The van der Waals surface area contributed by atoms with Crippen LogP contribution in [0, 0.1) is 0 Å². The van der Waals surface area contributed by atoms with Gasteiger partial charge in [0.1, 0.15) is 5.75 Å². The zero-order chi connectivity index (χ0) is 13.1. The molecule has 5 nitrogen and oxygen atoms in total. The van der Waals surface area contributed by atoms with Crippen molar-refractivity contribution in [3.63, 3.8) is 0 Å². The van der Waals surface area contributed by atoms with Crippen LogP contribution in [0.25, 0.3) is 11.3 Å². The summed E-state index contributed by atoms with van der Waals surface area (Å²) in [5.74, 6) is 0.459. The second-order valence-electron chi connectivity index (χ2n) is 3.67. The van der Waals surface area contributed by atoms with Gasteiger partial charge in [0.2, 0.25) is 5.91 Å². The van der Waals surface area contributed by atoms with Gasteiger partial charge in [0.05, 0.1) is 18.5 Å². The smallest absolute Gasteiger partial charge is 0.221 e. The Morgan fingerprint density at radius 1 is 1.50 bits per heavy atom. The molecule has 1 amide bonds. The van der Waals surface area contributed by atoms with Crippen LogP contribution in [0.15, 0.2) is 23.6 Å². The number of nitrogens with zero attached hydrogens (tertiary/aromatic N) is 1. The molecule has 6 heteroatoms. The average Bonchev–Trinajstić information content (AvgIpc) is 2.75. The fraction of sp³-hybridized carbons (Fsp3) is 0.167. The van der Waals surface area contributed by atoms with E-state index in [-0.39, 0.29) is 5.91 Å². The zero-order valence-electron chi connectivity index (χ0n) is 10.1. The molecule has 0 saturated heterocycles. The first kappa shape index (κ1) is 12.4. The Kier molecular flexibility index (Phi) is 3.47. The van der Waals surface area contributed by atoms with Crippen LogP contribution < -0.4 is 15.8 Å². The predicted octanol–water partition coefficient (Wildman–Crippen LogP) is 2.36. The lowest BCUT2D eigenvalue weighted by atomic mass is 10.1. The fourth-order valence-corrected chi connectivity index (χ4v) is 2.15. The first-order valence-corrected chi connectivity index (χ1v) is 6.15. The molecule has 0 saturated carbocycles. The topological polar surface area (TPSA) is 77.2 Å². The van der Waals surface area contributed by atoms with Crippen molar-refractivity contribution in [2.75, 3.05) is 18.2 Å². The van der Waals surface area contributed by atoms with Crippen molar-refractivity contribution >= 4 is 28.1 Å². The Bertz CT molecular complexity index is 580. The van der Waals surface area contributed by atoms with Gasteiger partial charge >= 0.3 is 0 Å². The maximum Gasteiger partial charge on any atom is 0.221 e. The van der Waals surface area contributed by atoms with Crippen molar-refractivity contribution in [1.82, 2.24) is 4.98 Å². The van der Waals surface area contributed by atoms with Gasteiger partial charge in [-0.3, -0.25) is 4.79 Å². The van der Waals surface area contributed by atoms with Crippen LogP contribution in [-0.4, -0.2) is 18.0 Å². The number of amides is 1. The number of thiazole rings is 1. The van der Waals surface area contributed by atoms with Gasteiger partial charge in [-0.1, -0.05) is 0 Å². The molecule has 0 spiro atoms. The summed E-state index contributed by atoms with van der Waals surface area (Å²) in [4.78, 5) is 15.3. The molecule has 2 aromatic rings. The summed E-state index contributed by atoms with van der Waals surface area (Å²) in [5, 5.41) is 5.11. The van der Waals surface area contributed by atoms with E-state index in [1.165, 1.54) is 18.3 Å². The summed E-state index contributed by atoms with van der Waals surface area (Å²) in [6.07, 6.45) is 0. The summed E-state index contributed by atoms with van der Waals surface area (Å²) in [6.45, 7) is 1.45. The van der Waals surface area contributed by atoms with Crippen LogP contribution in [0.2, 0.25) is 0 Å². The standard InChI is InChI=1S/C12H13N3O2S/c1-7(16)14-9-5-8(3-4-11(9)17-2)10-6-18-12(13)15-10/h3-6H,1-2H3,(H2,13,15)(H,14,16). The monoisotopic (exact) mass is 263 g/mol. The number of aromatic nitrogens is 1. The molecule has 1 aromatic heterocycles. The van der Waals surface area contributed by atoms with Crippen LogP contribution in [0.5, 0.6) is 5.75 Å². The van der Waals surface area contributed by atoms with Crippen molar-refractivity contribution in [1.29, 1.82) is 0 Å². The number of nitrogen functional groups attached to an aromatic ring is 1. The van der Waals surface area contributed by atoms with E-state index in [9.17, 15) is 4.79 Å². The third-order valence-corrected chi connectivity index (χ3v) is 3.00. The molecule has 3 N–H and O–H groups in total. The van der Waals surface area contributed by atoms with Gasteiger partial charge in [-0.25, -0.2) is 4.98 Å². The number of nitrogens with one attached hydrogen (secondary N) is 1. The molecule has 0 aliphatic carbocycles. The first-order valence-electron chi connectivity index (χ1n) is 5.27. The minimum Gasteiger partial charge on any atom is -0.495 e. The summed E-state index contributed by atoms with van der Waals surface area (Å²) in [6, 6.07) is 5.48. The summed E-state index contributed by atoms with van der Waals surface area (Å²) >= 11 is 1.38. The number of anilines is 2. The third kappa shape index (κ3) is 2.60. The minimum absolute atomic E-state index is 0.150. The number of hydrogen-bond donors (Lipinski definition) is 2. The van der Waals surface area contributed by atoms with Crippen LogP contribution in [0.1, 0.15) is 6.92 Å². The molecule has 18 heavy (non-hydrogen) atoms. The average molecular weight is 263 g/mol. The number of methoxy groups -OCH3 is 1. The van der Waals surface area contributed by atoms with Crippen molar-refractivity contribution in [2.45, 2.75) is 6.92 Å². The first-order chi connectivity index (χ1) is 8.60. The quantitative estimate of drug-likeness (QED) is 0.891. The number of benzene rings is 1. The Hall–Kier alpha value is -2.08.